The minimum atomic E-state index is -4.82. The molecule has 2 N–H and O–H groups in total. The molecule has 0 saturated heterocycles. The number of benzene rings is 3. The maximum absolute atomic E-state index is 14.3. The van der Waals surface area contributed by atoms with Gasteiger partial charge in [-0.3, -0.25) is 4.79 Å². The molecule has 3 aromatic rings. The molecule has 0 spiro atoms. The molecule has 0 saturated carbocycles. The third-order valence-corrected chi connectivity index (χ3v) is 5.69. The van der Waals surface area contributed by atoms with Crippen LogP contribution >= 0.6 is 23.2 Å². The van der Waals surface area contributed by atoms with E-state index in [2.05, 4.69) is 0 Å². The van der Waals surface area contributed by atoms with Crippen LogP contribution in [0.1, 0.15) is 21.5 Å². The fourth-order valence-corrected chi connectivity index (χ4v) is 4.41. The first kappa shape index (κ1) is 19.8. The van der Waals surface area contributed by atoms with Crippen molar-refractivity contribution >= 4 is 34.7 Å². The van der Waals surface area contributed by atoms with Crippen molar-refractivity contribution in [2.75, 3.05) is 5.73 Å². The number of fused-ring (bicyclic) bond motifs is 1. The number of nitrogens with two attached hydrogens (primary N) is 1. The lowest BCUT2D eigenvalue weighted by Gasteiger charge is -2.30. The number of nitrogen functional groups attached to an aromatic ring is 1. The predicted octanol–water partition coefficient (Wildman–Crippen LogP) is 6.48. The first-order chi connectivity index (χ1) is 13.6. The van der Waals surface area contributed by atoms with Gasteiger partial charge in [-0.05, 0) is 59.0 Å². The lowest BCUT2D eigenvalue weighted by atomic mass is 9.76. The van der Waals surface area contributed by atoms with Crippen LogP contribution in [0.2, 0.25) is 10.0 Å². The van der Waals surface area contributed by atoms with Crippen LogP contribution in [0.15, 0.2) is 60.7 Å². The standard InChI is InChI=1S/C22H14Cl2F3NO/c23-16-8-15(9-17(24)10-16)21(22(25,26)27)11-14-6-13(4-5-19(14)20(21)29)12-2-1-3-18(28)7-12/h1-10H,11,28H2. The van der Waals surface area contributed by atoms with Crippen molar-refractivity contribution in [2.45, 2.75) is 18.0 Å². The first-order valence-electron chi connectivity index (χ1n) is 8.69. The second kappa shape index (κ2) is 6.78. The van der Waals surface area contributed by atoms with Crippen molar-refractivity contribution in [3.05, 3.63) is 87.4 Å². The Balaban J connectivity index is 1.88. The van der Waals surface area contributed by atoms with Gasteiger partial charge in [0.1, 0.15) is 0 Å². The van der Waals surface area contributed by atoms with Gasteiger partial charge in [-0.25, -0.2) is 0 Å². The van der Waals surface area contributed by atoms with E-state index in [1.165, 1.54) is 12.1 Å². The highest BCUT2D eigenvalue weighted by Crippen LogP contribution is 2.51. The van der Waals surface area contributed by atoms with E-state index in [9.17, 15) is 18.0 Å². The normalized spacial score (nSPS) is 18.7. The fraction of sp³-hybridized carbons (Fsp3) is 0.136. The number of ketones is 1. The van der Waals surface area contributed by atoms with Crippen molar-refractivity contribution in [2.24, 2.45) is 0 Å². The van der Waals surface area contributed by atoms with Crippen molar-refractivity contribution in [1.29, 1.82) is 0 Å². The molecule has 1 unspecified atom stereocenters. The van der Waals surface area contributed by atoms with Crippen LogP contribution in [-0.2, 0) is 11.8 Å². The van der Waals surface area contributed by atoms with Crippen LogP contribution in [0, 0.1) is 0 Å². The van der Waals surface area contributed by atoms with Gasteiger partial charge in [0.2, 0.25) is 0 Å². The van der Waals surface area contributed by atoms with Crippen molar-refractivity contribution < 1.29 is 18.0 Å². The molecule has 0 heterocycles. The van der Waals surface area contributed by atoms with Gasteiger partial charge < -0.3 is 5.73 Å². The number of rotatable bonds is 2. The first-order valence-corrected chi connectivity index (χ1v) is 9.44. The van der Waals surface area contributed by atoms with E-state index in [0.29, 0.717) is 16.8 Å². The molecule has 0 bridgehead atoms. The third-order valence-electron chi connectivity index (χ3n) is 5.25. The molecule has 0 aliphatic heterocycles. The number of anilines is 1. The van der Waals surface area contributed by atoms with Gasteiger partial charge in [-0.1, -0.05) is 53.5 Å². The fourth-order valence-electron chi connectivity index (χ4n) is 3.88. The van der Waals surface area contributed by atoms with Crippen LogP contribution in [0.3, 0.4) is 0 Å². The maximum Gasteiger partial charge on any atom is 0.405 e. The van der Waals surface area contributed by atoms with Crippen LogP contribution < -0.4 is 5.73 Å². The number of carbonyl (C=O) groups is 1. The Bertz CT molecular complexity index is 1120. The number of Topliss-reactive ketones (excluding diaryl/α,β-unsaturated/α-hetero) is 1. The van der Waals surface area contributed by atoms with E-state index < -0.39 is 23.8 Å². The molecule has 0 amide bonds. The Morgan fingerprint density at radius 2 is 1.55 bits per heavy atom. The van der Waals surface area contributed by atoms with Gasteiger partial charge in [-0.2, -0.15) is 13.2 Å². The molecular weight excluding hydrogens is 422 g/mol. The van der Waals surface area contributed by atoms with E-state index in [0.717, 1.165) is 17.7 Å². The number of alkyl halides is 3. The van der Waals surface area contributed by atoms with Gasteiger partial charge in [0, 0.05) is 21.3 Å². The summed E-state index contributed by atoms with van der Waals surface area (Å²) in [6.07, 6.45) is -5.34. The smallest absolute Gasteiger partial charge is 0.399 e. The van der Waals surface area contributed by atoms with Crippen molar-refractivity contribution in [3.63, 3.8) is 0 Å². The molecule has 2 nitrogen and oxygen atoms in total. The van der Waals surface area contributed by atoms with Gasteiger partial charge in [0.05, 0.1) is 0 Å². The monoisotopic (exact) mass is 435 g/mol. The summed E-state index contributed by atoms with van der Waals surface area (Å²) >= 11 is 11.9. The molecule has 0 aromatic heterocycles. The summed E-state index contributed by atoms with van der Waals surface area (Å²) in [6.45, 7) is 0. The number of halogens is 5. The van der Waals surface area contributed by atoms with E-state index in [-0.39, 0.29) is 21.2 Å². The molecular formula is C22H14Cl2F3NO. The molecule has 1 aliphatic carbocycles. The highest BCUT2D eigenvalue weighted by molar-refractivity contribution is 6.34. The lowest BCUT2D eigenvalue weighted by Crippen LogP contribution is -2.47. The largest absolute Gasteiger partial charge is 0.405 e. The summed E-state index contributed by atoms with van der Waals surface area (Å²) < 4.78 is 43.0. The lowest BCUT2D eigenvalue weighted by molar-refractivity contribution is -0.173. The average molecular weight is 436 g/mol. The topological polar surface area (TPSA) is 43.1 Å². The second-order valence-corrected chi connectivity index (χ2v) is 7.94. The van der Waals surface area contributed by atoms with Crippen LogP contribution in [0.5, 0.6) is 0 Å². The second-order valence-electron chi connectivity index (χ2n) is 7.06. The quantitative estimate of drug-likeness (QED) is 0.467. The zero-order valence-electron chi connectivity index (χ0n) is 14.9. The maximum atomic E-state index is 14.3. The molecule has 1 atom stereocenters. The Labute approximate surface area is 175 Å². The summed E-state index contributed by atoms with van der Waals surface area (Å²) in [4.78, 5) is 13.1. The zero-order chi connectivity index (χ0) is 21.0. The summed E-state index contributed by atoms with van der Waals surface area (Å²) in [7, 11) is 0. The Morgan fingerprint density at radius 1 is 0.897 bits per heavy atom. The molecule has 0 radical (unpaired) electrons. The zero-order valence-corrected chi connectivity index (χ0v) is 16.4. The average Bonchev–Trinajstić information content (AvgIpc) is 2.94. The molecule has 0 fully saturated rings. The van der Waals surface area contributed by atoms with E-state index >= 15 is 0 Å². The molecule has 7 heteroatoms. The minimum Gasteiger partial charge on any atom is -0.399 e. The molecule has 4 rings (SSSR count). The van der Waals surface area contributed by atoms with E-state index in [1.807, 2.05) is 6.07 Å². The van der Waals surface area contributed by atoms with Gasteiger partial charge in [0.15, 0.2) is 11.2 Å². The highest BCUT2D eigenvalue weighted by Gasteiger charge is 2.64. The van der Waals surface area contributed by atoms with Crippen LogP contribution in [0.4, 0.5) is 18.9 Å². The third kappa shape index (κ3) is 3.18. The molecule has 29 heavy (non-hydrogen) atoms. The van der Waals surface area contributed by atoms with Crippen molar-refractivity contribution in [1.82, 2.24) is 0 Å². The van der Waals surface area contributed by atoms with Gasteiger partial charge >= 0.3 is 6.18 Å². The van der Waals surface area contributed by atoms with Crippen LogP contribution in [-0.4, -0.2) is 12.0 Å². The Kier molecular flexibility index (Phi) is 4.63. The highest BCUT2D eigenvalue weighted by atomic mass is 35.5. The van der Waals surface area contributed by atoms with Gasteiger partial charge in [0.25, 0.3) is 0 Å². The summed E-state index contributed by atoms with van der Waals surface area (Å²) in [5.41, 5.74) is 5.18. The predicted molar refractivity (Wildman–Crippen MR) is 109 cm³/mol. The summed E-state index contributed by atoms with van der Waals surface area (Å²) in [5.74, 6) is -1.00. The minimum absolute atomic E-state index is 0.0420. The summed E-state index contributed by atoms with van der Waals surface area (Å²) in [5, 5.41) is 0.0839. The van der Waals surface area contributed by atoms with Gasteiger partial charge in [-0.15, -0.1) is 0 Å². The van der Waals surface area contributed by atoms with Crippen LogP contribution in [0.25, 0.3) is 11.1 Å². The molecule has 148 valence electrons. The number of hydrogen-bond acceptors (Lipinski definition) is 2. The summed E-state index contributed by atoms with van der Waals surface area (Å²) in [6, 6.07) is 15.3. The van der Waals surface area contributed by atoms with E-state index in [1.54, 1.807) is 30.3 Å². The molecule has 3 aromatic carbocycles. The SMILES string of the molecule is Nc1cccc(-c2ccc3c(c2)CC(c2cc(Cl)cc(Cl)c2)(C(F)(F)F)C3=O)c1. The number of hydrogen-bond donors (Lipinski definition) is 1. The van der Waals surface area contributed by atoms with Crippen molar-refractivity contribution in [3.8, 4) is 11.1 Å². The number of carbonyl (C=O) groups excluding carboxylic acids is 1. The molecule has 1 aliphatic rings. The Morgan fingerprint density at radius 3 is 2.17 bits per heavy atom. The van der Waals surface area contributed by atoms with E-state index in [4.69, 9.17) is 28.9 Å². The Hall–Kier alpha value is -2.50.